The van der Waals surface area contributed by atoms with E-state index in [-0.39, 0.29) is 31.6 Å². The summed E-state index contributed by atoms with van der Waals surface area (Å²) in [6.45, 7) is 11.7. The van der Waals surface area contributed by atoms with Crippen LogP contribution in [0.4, 0.5) is 0 Å². The van der Waals surface area contributed by atoms with Gasteiger partial charge in [0.1, 0.15) is 42.9 Å². The number of aldehydes is 1. The molecule has 17 nitrogen and oxygen atoms in total. The Morgan fingerprint density at radius 1 is 0.831 bits per heavy atom. The smallest absolute Gasteiger partial charge is 0.308 e. The first-order valence-electron chi connectivity index (χ1n) is 20.9. The molecule has 6 N–H and O–H groups in total. The molecule has 0 aromatic heterocycles. The summed E-state index contributed by atoms with van der Waals surface area (Å²) in [7, 11) is 4.85. The highest BCUT2D eigenvalue weighted by atomic mass is 16.7. The molecule has 4 aliphatic heterocycles. The molecule has 20 atom stereocenters. The number of likely N-dealkylation sites (N-methyl/N-ethyl adjacent to an activating group) is 1. The van der Waals surface area contributed by atoms with E-state index in [9.17, 15) is 40.2 Å². The number of cyclic esters (lactones) is 1. The first-order chi connectivity index (χ1) is 27.6. The number of carbonyl (C=O) groups excluding carboxylic acids is 2. The topological polar surface area (TPSA) is 233 Å². The van der Waals surface area contributed by atoms with Crippen molar-refractivity contribution in [3.63, 3.8) is 0 Å². The van der Waals surface area contributed by atoms with Crippen LogP contribution in [0.5, 0.6) is 0 Å². The predicted molar refractivity (Wildman–Crippen MR) is 211 cm³/mol. The standard InChI is InChI=1S/C42H71NO16/c1-22-18-27(16-17-44)36(59-40-34(47)33(43(8)9)35(24(3)56-40)58-32-21-42(7,51)39(49)26(5)55-32)37(52-10)28(45)19-30(46)53-23(2)14-12-11-13-15-29(22)57-31-20-41(6,50)38(48)25(4)54-31/h11-13,15,17,22-29,31-40,45,47-51H,14,16,18-21H2,1-10H3/b12-11+,15-13+/t22-,23?,24?,25?,26?,27+,28-,29-,31?,32?,33?,34?,35?,36+,37+,38?,39?,40?,41?,42?/m1/s1. The minimum absolute atomic E-state index is 0.00423. The van der Waals surface area contributed by atoms with Gasteiger partial charge in [0.15, 0.2) is 18.9 Å². The first kappa shape index (κ1) is 49.7. The second kappa shape index (κ2) is 21.4. The number of nitrogens with zero attached hydrogens (tertiary/aromatic N) is 1. The van der Waals surface area contributed by atoms with E-state index in [0.717, 1.165) is 6.29 Å². The predicted octanol–water partition coefficient (Wildman–Crippen LogP) is 1.12. The summed E-state index contributed by atoms with van der Waals surface area (Å²) in [5, 5.41) is 66.5. The molecule has 340 valence electrons. The van der Waals surface area contributed by atoms with E-state index in [1.165, 1.54) is 21.0 Å². The van der Waals surface area contributed by atoms with Gasteiger partial charge in [0.05, 0.1) is 60.3 Å². The Kier molecular flexibility index (Phi) is 18.1. The lowest BCUT2D eigenvalue weighted by Crippen LogP contribution is -2.65. The van der Waals surface area contributed by atoms with Crippen LogP contribution < -0.4 is 0 Å². The zero-order valence-corrected chi connectivity index (χ0v) is 36.2. The molecule has 0 spiro atoms. The maximum atomic E-state index is 13.1. The number of ether oxygens (including phenoxy) is 8. The number of aliphatic hydroxyl groups is 6. The summed E-state index contributed by atoms with van der Waals surface area (Å²) < 4.78 is 49.2. The molecule has 0 aromatic rings. The minimum atomic E-state index is -1.49. The molecule has 14 unspecified atom stereocenters. The van der Waals surface area contributed by atoms with Crippen LogP contribution in [0.1, 0.15) is 87.0 Å². The molecule has 3 fully saturated rings. The second-order valence-electron chi connectivity index (χ2n) is 17.7. The van der Waals surface area contributed by atoms with E-state index < -0.39 is 128 Å². The van der Waals surface area contributed by atoms with E-state index >= 15 is 0 Å². The van der Waals surface area contributed by atoms with Crippen LogP contribution in [-0.2, 0) is 47.5 Å². The molecule has 0 saturated carbocycles. The van der Waals surface area contributed by atoms with Crippen LogP contribution in [-0.4, -0.2) is 178 Å². The lowest BCUT2D eigenvalue weighted by Gasteiger charge is -2.50. The zero-order valence-electron chi connectivity index (χ0n) is 36.2. The molecule has 0 amide bonds. The molecule has 4 aliphatic rings. The number of hydrogen-bond acceptors (Lipinski definition) is 17. The molecule has 4 heterocycles. The number of methoxy groups -OCH3 is 1. The third-order valence-corrected chi connectivity index (χ3v) is 12.1. The van der Waals surface area contributed by atoms with Gasteiger partial charge >= 0.3 is 5.97 Å². The first-order valence-corrected chi connectivity index (χ1v) is 20.9. The summed E-state index contributed by atoms with van der Waals surface area (Å²) >= 11 is 0. The van der Waals surface area contributed by atoms with Gasteiger partial charge in [-0.05, 0) is 73.9 Å². The average Bonchev–Trinajstić information content (AvgIpc) is 3.12. The number of allylic oxidation sites excluding steroid dienone is 2. The van der Waals surface area contributed by atoms with Crippen molar-refractivity contribution in [1.82, 2.24) is 4.90 Å². The van der Waals surface area contributed by atoms with E-state index in [0.29, 0.717) is 6.42 Å². The molecule has 0 aromatic carbocycles. The van der Waals surface area contributed by atoms with Crippen LogP contribution in [0, 0.1) is 11.8 Å². The fourth-order valence-electron chi connectivity index (χ4n) is 8.79. The van der Waals surface area contributed by atoms with Crippen molar-refractivity contribution in [3.8, 4) is 0 Å². The van der Waals surface area contributed by atoms with Crippen molar-refractivity contribution in [1.29, 1.82) is 0 Å². The van der Waals surface area contributed by atoms with Gasteiger partial charge in [-0.25, -0.2) is 0 Å². The van der Waals surface area contributed by atoms with Crippen LogP contribution in [0.3, 0.4) is 0 Å². The Balaban J connectivity index is 1.68. The zero-order chi connectivity index (χ0) is 44.0. The normalized spacial score (nSPS) is 48.3. The van der Waals surface area contributed by atoms with Crippen LogP contribution >= 0.6 is 0 Å². The summed E-state index contributed by atoms with van der Waals surface area (Å²) in [5.74, 6) is -1.74. The summed E-state index contributed by atoms with van der Waals surface area (Å²) in [5.41, 5.74) is -2.97. The van der Waals surface area contributed by atoms with E-state index in [1.54, 1.807) is 58.8 Å². The summed E-state index contributed by atoms with van der Waals surface area (Å²) in [6, 6.07) is -0.763. The van der Waals surface area contributed by atoms with Crippen molar-refractivity contribution < 1.29 is 78.1 Å². The highest BCUT2D eigenvalue weighted by Gasteiger charge is 2.52. The van der Waals surface area contributed by atoms with Crippen LogP contribution in [0.2, 0.25) is 0 Å². The number of carbonyl (C=O) groups is 2. The van der Waals surface area contributed by atoms with Gasteiger partial charge in [-0.1, -0.05) is 31.2 Å². The van der Waals surface area contributed by atoms with Gasteiger partial charge in [0.2, 0.25) is 0 Å². The molecular weight excluding hydrogens is 774 g/mol. The van der Waals surface area contributed by atoms with Crippen LogP contribution in [0.25, 0.3) is 0 Å². The minimum Gasteiger partial charge on any atom is -0.462 e. The molecule has 17 heteroatoms. The van der Waals surface area contributed by atoms with Crippen molar-refractivity contribution in [2.24, 2.45) is 11.8 Å². The number of esters is 1. The molecule has 3 saturated heterocycles. The monoisotopic (exact) mass is 845 g/mol. The van der Waals surface area contributed by atoms with Gasteiger partial charge in [0, 0.05) is 32.8 Å². The maximum absolute atomic E-state index is 13.1. The Morgan fingerprint density at radius 3 is 1.97 bits per heavy atom. The van der Waals surface area contributed by atoms with Crippen molar-refractivity contribution in [2.75, 3.05) is 21.2 Å². The van der Waals surface area contributed by atoms with Crippen molar-refractivity contribution in [3.05, 3.63) is 24.3 Å². The fourth-order valence-corrected chi connectivity index (χ4v) is 8.79. The lowest BCUT2D eigenvalue weighted by molar-refractivity contribution is -0.344. The van der Waals surface area contributed by atoms with E-state index in [1.807, 2.05) is 19.1 Å². The SMILES string of the molecule is CO[C@@H]1[C@@H](OC2OC(C)C(OC3CC(C)(O)C(O)C(C)O3)C(N(C)C)C2O)[C@@H](CC=O)C[C@@H](C)[C@H](OC2CC(C)(O)C(O)C(C)O2)/C=C/C=C/CC(C)OC(=O)C[C@H]1O. The highest BCUT2D eigenvalue weighted by Crippen LogP contribution is 2.38. The largest absolute Gasteiger partial charge is 0.462 e. The molecule has 0 radical (unpaired) electrons. The summed E-state index contributed by atoms with van der Waals surface area (Å²) in [6.07, 6.45) is -6.83. The molecule has 59 heavy (non-hydrogen) atoms. The fraction of sp³-hybridized carbons (Fsp3) is 0.857. The Hall–Kier alpha value is -1.94. The van der Waals surface area contributed by atoms with Gasteiger partial charge in [-0.2, -0.15) is 0 Å². The Bertz CT molecular complexity index is 1390. The second-order valence-corrected chi connectivity index (χ2v) is 17.7. The third-order valence-electron chi connectivity index (χ3n) is 12.1. The average molecular weight is 846 g/mol. The quantitative estimate of drug-likeness (QED) is 0.134. The highest BCUT2D eigenvalue weighted by molar-refractivity contribution is 5.70. The molecule has 4 rings (SSSR count). The van der Waals surface area contributed by atoms with Gasteiger partial charge < -0.3 is 78.2 Å². The van der Waals surface area contributed by atoms with Gasteiger partial charge in [-0.3, -0.25) is 4.79 Å². The van der Waals surface area contributed by atoms with E-state index in [2.05, 4.69) is 0 Å². The summed E-state index contributed by atoms with van der Waals surface area (Å²) in [4.78, 5) is 27.3. The van der Waals surface area contributed by atoms with Crippen molar-refractivity contribution >= 4 is 12.3 Å². The Morgan fingerprint density at radius 2 is 1.42 bits per heavy atom. The maximum Gasteiger partial charge on any atom is 0.308 e. The number of rotatable bonds is 10. The molecule has 0 bridgehead atoms. The third kappa shape index (κ3) is 12.8. The molecular formula is C42H71NO16. The molecule has 0 aliphatic carbocycles. The Labute approximate surface area is 348 Å². The van der Waals surface area contributed by atoms with Gasteiger partial charge in [0.25, 0.3) is 0 Å². The van der Waals surface area contributed by atoms with E-state index in [4.69, 9.17) is 37.9 Å². The van der Waals surface area contributed by atoms with Crippen LogP contribution in [0.15, 0.2) is 24.3 Å². The number of hydrogen-bond donors (Lipinski definition) is 6. The number of aliphatic hydroxyl groups excluding tert-OH is 4. The van der Waals surface area contributed by atoms with Crippen molar-refractivity contribution in [2.45, 2.75) is 196 Å². The lowest BCUT2D eigenvalue weighted by atomic mass is 9.82. The van der Waals surface area contributed by atoms with Gasteiger partial charge in [-0.15, -0.1) is 0 Å².